The van der Waals surface area contributed by atoms with Gasteiger partial charge in [-0.2, -0.15) is 15.0 Å². The molecule has 1 aliphatic heterocycles. The summed E-state index contributed by atoms with van der Waals surface area (Å²) < 4.78 is 5.35. The second-order valence-electron chi connectivity index (χ2n) is 6.92. The van der Waals surface area contributed by atoms with Crippen molar-refractivity contribution >= 4 is 23.5 Å². The predicted octanol–water partition coefficient (Wildman–Crippen LogP) is 0.954. The van der Waals surface area contributed by atoms with E-state index in [0.717, 1.165) is 5.69 Å². The highest BCUT2D eigenvalue weighted by Crippen LogP contribution is 2.25. The number of amides is 1. The molecule has 3 heterocycles. The summed E-state index contributed by atoms with van der Waals surface area (Å²) in [6.07, 6.45) is 4.55. The molecule has 160 valence electrons. The van der Waals surface area contributed by atoms with E-state index in [9.17, 15) is 4.79 Å². The summed E-state index contributed by atoms with van der Waals surface area (Å²) in [5.74, 6) is 1.60. The molecule has 4 rings (SSSR count). The summed E-state index contributed by atoms with van der Waals surface area (Å²) in [5, 5.41) is 3.13. The Labute approximate surface area is 179 Å². The number of para-hydroxylation sites is 2. The Morgan fingerprint density at radius 2 is 1.94 bits per heavy atom. The molecule has 3 N–H and O–H groups in total. The molecule has 1 aliphatic rings. The summed E-state index contributed by atoms with van der Waals surface area (Å²) in [7, 11) is 1.60. The van der Waals surface area contributed by atoms with Gasteiger partial charge in [0.1, 0.15) is 17.3 Å². The van der Waals surface area contributed by atoms with Crippen LogP contribution in [0.15, 0.2) is 42.9 Å². The maximum atomic E-state index is 12.5. The lowest BCUT2D eigenvalue weighted by Gasteiger charge is -2.34. The molecule has 2 aromatic heterocycles. The summed E-state index contributed by atoms with van der Waals surface area (Å²) >= 11 is 0. The van der Waals surface area contributed by atoms with E-state index in [1.807, 2.05) is 24.3 Å². The molecular formula is C20H23N9O2. The van der Waals surface area contributed by atoms with Crippen LogP contribution in [0.1, 0.15) is 16.3 Å². The van der Waals surface area contributed by atoms with E-state index < -0.39 is 0 Å². The molecule has 0 spiro atoms. The number of nitrogens with zero attached hydrogens (tertiary/aromatic N) is 7. The van der Waals surface area contributed by atoms with Gasteiger partial charge in [0, 0.05) is 38.6 Å². The molecular weight excluding hydrogens is 398 g/mol. The molecule has 0 aliphatic carbocycles. The SMILES string of the molecule is COc1ccccc1Nc1nc(N)nc(CN2CCN(C(=O)c3cnccn3)CC2)n1. The number of nitrogen functional groups attached to an aromatic ring is 1. The number of nitrogens with one attached hydrogen (secondary N) is 1. The standard InChI is InChI=1S/C20H23N9O2/c1-31-16-5-3-2-4-14(16)24-20-26-17(25-19(21)27-20)13-28-8-10-29(11-9-28)18(30)15-12-22-6-7-23-15/h2-7,12H,8-11,13H2,1H3,(H3,21,24,25,26,27). The van der Waals surface area contributed by atoms with E-state index in [1.165, 1.54) is 12.4 Å². The van der Waals surface area contributed by atoms with Gasteiger partial charge in [0.15, 0.2) is 0 Å². The quantitative estimate of drug-likeness (QED) is 0.592. The molecule has 0 saturated carbocycles. The second kappa shape index (κ2) is 9.30. The third kappa shape index (κ3) is 5.01. The van der Waals surface area contributed by atoms with E-state index in [0.29, 0.717) is 55.9 Å². The number of carbonyl (C=O) groups is 1. The highest BCUT2D eigenvalue weighted by Gasteiger charge is 2.23. The fraction of sp³-hybridized carbons (Fsp3) is 0.300. The maximum Gasteiger partial charge on any atom is 0.274 e. The normalized spacial score (nSPS) is 14.3. The molecule has 1 amide bonds. The van der Waals surface area contributed by atoms with Gasteiger partial charge >= 0.3 is 0 Å². The number of piperazine rings is 1. The summed E-state index contributed by atoms with van der Waals surface area (Å²) in [6, 6.07) is 7.48. The number of hydrogen-bond donors (Lipinski definition) is 2. The molecule has 1 saturated heterocycles. The van der Waals surface area contributed by atoms with E-state index in [-0.39, 0.29) is 11.9 Å². The van der Waals surface area contributed by atoms with Crippen molar-refractivity contribution < 1.29 is 9.53 Å². The van der Waals surface area contributed by atoms with Crippen LogP contribution >= 0.6 is 0 Å². The molecule has 1 fully saturated rings. The highest BCUT2D eigenvalue weighted by atomic mass is 16.5. The lowest BCUT2D eigenvalue weighted by atomic mass is 10.2. The van der Waals surface area contributed by atoms with Crippen LogP contribution in [0.3, 0.4) is 0 Å². The largest absolute Gasteiger partial charge is 0.495 e. The van der Waals surface area contributed by atoms with Gasteiger partial charge in [0.05, 0.1) is 25.5 Å². The molecule has 11 nitrogen and oxygen atoms in total. The van der Waals surface area contributed by atoms with Crippen molar-refractivity contribution in [3.63, 3.8) is 0 Å². The second-order valence-corrected chi connectivity index (χ2v) is 6.92. The number of anilines is 3. The smallest absolute Gasteiger partial charge is 0.274 e. The highest BCUT2D eigenvalue weighted by molar-refractivity contribution is 5.92. The van der Waals surface area contributed by atoms with Crippen LogP contribution < -0.4 is 15.8 Å². The van der Waals surface area contributed by atoms with Crippen LogP contribution in [0, 0.1) is 0 Å². The lowest BCUT2D eigenvalue weighted by Crippen LogP contribution is -2.48. The molecule has 0 unspecified atom stereocenters. The zero-order valence-corrected chi connectivity index (χ0v) is 17.1. The number of methoxy groups -OCH3 is 1. The Hall–Kier alpha value is -3.86. The summed E-state index contributed by atoms with van der Waals surface area (Å²) in [4.78, 5) is 37.4. The van der Waals surface area contributed by atoms with Crippen molar-refractivity contribution in [3.8, 4) is 5.75 Å². The van der Waals surface area contributed by atoms with Gasteiger partial charge in [0.25, 0.3) is 5.91 Å². The zero-order chi connectivity index (χ0) is 21.6. The number of carbonyl (C=O) groups excluding carboxylic acids is 1. The van der Waals surface area contributed by atoms with Crippen molar-refractivity contribution in [1.82, 2.24) is 34.7 Å². The number of rotatable bonds is 6. The van der Waals surface area contributed by atoms with Crippen molar-refractivity contribution in [3.05, 3.63) is 54.4 Å². The monoisotopic (exact) mass is 421 g/mol. The van der Waals surface area contributed by atoms with Gasteiger partial charge in [-0.3, -0.25) is 14.7 Å². The molecule has 1 aromatic carbocycles. The van der Waals surface area contributed by atoms with E-state index in [1.54, 1.807) is 18.2 Å². The minimum absolute atomic E-state index is 0.111. The number of nitrogens with two attached hydrogens (primary N) is 1. The predicted molar refractivity (Wildman–Crippen MR) is 114 cm³/mol. The van der Waals surface area contributed by atoms with Crippen LogP contribution in [-0.4, -0.2) is 73.9 Å². The molecule has 11 heteroatoms. The van der Waals surface area contributed by atoms with E-state index in [2.05, 4.69) is 35.1 Å². The number of ether oxygens (including phenoxy) is 1. The first-order valence-electron chi connectivity index (χ1n) is 9.80. The number of aromatic nitrogens is 5. The average Bonchev–Trinajstić information content (AvgIpc) is 2.80. The first-order valence-corrected chi connectivity index (χ1v) is 9.80. The Bertz CT molecular complexity index is 1040. The van der Waals surface area contributed by atoms with Crippen LogP contribution in [0.2, 0.25) is 0 Å². The molecule has 3 aromatic rings. The Morgan fingerprint density at radius 1 is 1.13 bits per heavy atom. The van der Waals surface area contributed by atoms with Crippen LogP contribution in [0.4, 0.5) is 17.6 Å². The van der Waals surface area contributed by atoms with Crippen molar-refractivity contribution in [1.29, 1.82) is 0 Å². The minimum Gasteiger partial charge on any atom is -0.495 e. The topological polar surface area (TPSA) is 135 Å². The van der Waals surface area contributed by atoms with E-state index >= 15 is 0 Å². The van der Waals surface area contributed by atoms with Crippen molar-refractivity contribution in [2.24, 2.45) is 0 Å². The first-order chi connectivity index (χ1) is 15.1. The average molecular weight is 421 g/mol. The lowest BCUT2D eigenvalue weighted by molar-refractivity contribution is 0.0619. The van der Waals surface area contributed by atoms with Gasteiger partial charge in [-0.15, -0.1) is 0 Å². The summed E-state index contributed by atoms with van der Waals surface area (Å²) in [6.45, 7) is 3.05. The van der Waals surface area contributed by atoms with Crippen molar-refractivity contribution in [2.75, 3.05) is 44.3 Å². The Balaban J connectivity index is 1.38. The molecule has 0 atom stereocenters. The molecule has 31 heavy (non-hydrogen) atoms. The van der Waals surface area contributed by atoms with Gasteiger partial charge in [-0.05, 0) is 12.1 Å². The van der Waals surface area contributed by atoms with Crippen LogP contribution in [0.5, 0.6) is 5.75 Å². The maximum absolute atomic E-state index is 12.5. The third-order valence-electron chi connectivity index (χ3n) is 4.86. The van der Waals surface area contributed by atoms with Gasteiger partial charge in [0.2, 0.25) is 11.9 Å². The Kier molecular flexibility index (Phi) is 6.13. The van der Waals surface area contributed by atoms with Crippen LogP contribution in [0.25, 0.3) is 0 Å². The van der Waals surface area contributed by atoms with Gasteiger partial charge < -0.3 is 20.7 Å². The van der Waals surface area contributed by atoms with Gasteiger partial charge in [-0.1, -0.05) is 12.1 Å². The fourth-order valence-electron chi connectivity index (χ4n) is 3.31. The summed E-state index contributed by atoms with van der Waals surface area (Å²) in [5.41, 5.74) is 6.99. The minimum atomic E-state index is -0.111. The van der Waals surface area contributed by atoms with Crippen molar-refractivity contribution in [2.45, 2.75) is 6.54 Å². The van der Waals surface area contributed by atoms with E-state index in [4.69, 9.17) is 10.5 Å². The van der Waals surface area contributed by atoms with Crippen LogP contribution in [-0.2, 0) is 6.54 Å². The van der Waals surface area contributed by atoms with Gasteiger partial charge in [-0.25, -0.2) is 4.98 Å². The fourth-order valence-corrected chi connectivity index (χ4v) is 3.31. The zero-order valence-electron chi connectivity index (χ0n) is 17.1. The Morgan fingerprint density at radius 3 is 2.68 bits per heavy atom. The first kappa shape index (κ1) is 20.4. The third-order valence-corrected chi connectivity index (χ3v) is 4.86. The molecule has 0 radical (unpaired) electrons. The number of benzene rings is 1. The number of hydrogen-bond acceptors (Lipinski definition) is 10. The molecule has 0 bridgehead atoms.